The largest absolute Gasteiger partial charge is 0.296 e. The van der Waals surface area contributed by atoms with E-state index >= 15 is 0 Å². The Hall–Kier alpha value is -1.05. The highest BCUT2D eigenvalue weighted by Gasteiger charge is 2.23. The van der Waals surface area contributed by atoms with E-state index in [2.05, 4.69) is 0 Å². The third kappa shape index (κ3) is 3.49. The fraction of sp³-hybridized carbons (Fsp3) is 0.500. The lowest BCUT2D eigenvalue weighted by atomic mass is 10.2. The Balaban J connectivity index is 1.98. The number of rotatable bonds is 3. The van der Waals surface area contributed by atoms with Crippen LogP contribution in [-0.2, 0) is 16.6 Å². The van der Waals surface area contributed by atoms with Crippen LogP contribution in [-0.4, -0.2) is 50.1 Å². The first-order valence-electron chi connectivity index (χ1n) is 5.98. The predicted molar refractivity (Wildman–Crippen MR) is 68.1 cm³/mol. The lowest BCUT2D eigenvalue weighted by molar-refractivity contribution is 0.180. The van der Waals surface area contributed by atoms with E-state index in [1.54, 1.807) is 6.07 Å². The Bertz CT molecular complexity index is 555. The highest BCUT2D eigenvalue weighted by molar-refractivity contribution is 7.88. The third-order valence-electron chi connectivity index (χ3n) is 3.23. The highest BCUT2D eigenvalue weighted by atomic mass is 32.2. The van der Waals surface area contributed by atoms with Gasteiger partial charge in [0.15, 0.2) is 11.6 Å². The van der Waals surface area contributed by atoms with E-state index in [0.29, 0.717) is 38.3 Å². The lowest BCUT2D eigenvalue weighted by Crippen LogP contribution is -2.47. The van der Waals surface area contributed by atoms with Crippen molar-refractivity contribution in [3.8, 4) is 0 Å². The van der Waals surface area contributed by atoms with Crippen LogP contribution in [0.15, 0.2) is 18.2 Å². The van der Waals surface area contributed by atoms with Crippen molar-refractivity contribution in [2.75, 3.05) is 32.4 Å². The average molecular weight is 290 g/mol. The molecule has 0 radical (unpaired) electrons. The molecule has 1 heterocycles. The molecule has 1 aliphatic rings. The van der Waals surface area contributed by atoms with Gasteiger partial charge in [-0.05, 0) is 6.07 Å². The molecule has 106 valence electrons. The minimum atomic E-state index is -3.16. The van der Waals surface area contributed by atoms with Gasteiger partial charge in [-0.15, -0.1) is 0 Å². The minimum absolute atomic E-state index is 0.293. The summed E-state index contributed by atoms with van der Waals surface area (Å²) >= 11 is 0. The van der Waals surface area contributed by atoms with Gasteiger partial charge in [0.1, 0.15) is 0 Å². The van der Waals surface area contributed by atoms with Crippen LogP contribution in [0, 0.1) is 11.6 Å². The van der Waals surface area contributed by atoms with Gasteiger partial charge in [0.2, 0.25) is 10.0 Å². The van der Waals surface area contributed by atoms with Gasteiger partial charge in [-0.25, -0.2) is 17.2 Å². The van der Waals surface area contributed by atoms with Crippen molar-refractivity contribution in [2.45, 2.75) is 6.54 Å². The molecule has 1 aromatic carbocycles. The molecule has 4 nitrogen and oxygen atoms in total. The molecular formula is C12H16F2N2O2S. The molecule has 0 N–H and O–H groups in total. The Morgan fingerprint density at radius 3 is 2.37 bits per heavy atom. The Morgan fingerprint density at radius 2 is 1.79 bits per heavy atom. The third-order valence-corrected chi connectivity index (χ3v) is 4.53. The van der Waals surface area contributed by atoms with Gasteiger partial charge in [-0.2, -0.15) is 4.31 Å². The highest BCUT2D eigenvalue weighted by Crippen LogP contribution is 2.15. The molecule has 0 aliphatic carbocycles. The minimum Gasteiger partial charge on any atom is -0.296 e. The Kier molecular flexibility index (Phi) is 4.17. The van der Waals surface area contributed by atoms with E-state index < -0.39 is 21.7 Å². The van der Waals surface area contributed by atoms with Crippen LogP contribution in [0.2, 0.25) is 0 Å². The summed E-state index contributed by atoms with van der Waals surface area (Å²) in [5.74, 6) is -1.68. The first-order valence-corrected chi connectivity index (χ1v) is 7.83. The second-order valence-corrected chi connectivity index (χ2v) is 6.63. The summed E-state index contributed by atoms with van der Waals surface area (Å²) in [5, 5.41) is 0. The van der Waals surface area contributed by atoms with Crippen molar-refractivity contribution < 1.29 is 17.2 Å². The molecule has 1 aliphatic heterocycles. The first-order chi connectivity index (χ1) is 8.88. The monoisotopic (exact) mass is 290 g/mol. The molecule has 0 unspecified atom stereocenters. The standard InChI is InChI=1S/C12H16F2N2O2S/c1-19(17,18)16-7-5-15(6-8-16)9-10-3-2-4-11(13)12(10)14/h2-4H,5-9H2,1H3. The van der Waals surface area contributed by atoms with Crippen LogP contribution >= 0.6 is 0 Å². The first kappa shape index (κ1) is 14.4. The van der Waals surface area contributed by atoms with Crippen molar-refractivity contribution in [3.63, 3.8) is 0 Å². The SMILES string of the molecule is CS(=O)(=O)N1CCN(Cc2cccc(F)c2F)CC1. The van der Waals surface area contributed by atoms with Crippen LogP contribution in [0.5, 0.6) is 0 Å². The van der Waals surface area contributed by atoms with Gasteiger partial charge in [0, 0.05) is 38.3 Å². The van der Waals surface area contributed by atoms with Crippen LogP contribution in [0.1, 0.15) is 5.56 Å². The molecular weight excluding hydrogens is 274 g/mol. The molecule has 0 aromatic heterocycles. The van der Waals surface area contributed by atoms with Crippen molar-refractivity contribution in [1.82, 2.24) is 9.21 Å². The van der Waals surface area contributed by atoms with Crippen LogP contribution in [0.3, 0.4) is 0 Å². The van der Waals surface area contributed by atoms with Crippen molar-refractivity contribution >= 4 is 10.0 Å². The van der Waals surface area contributed by atoms with Crippen LogP contribution in [0.25, 0.3) is 0 Å². The number of sulfonamides is 1. The predicted octanol–water partition coefficient (Wildman–Crippen LogP) is 1.04. The smallest absolute Gasteiger partial charge is 0.211 e. The number of hydrogen-bond donors (Lipinski definition) is 0. The molecule has 0 atom stereocenters. The molecule has 1 aromatic rings. The number of halogens is 2. The molecule has 1 fully saturated rings. The second-order valence-electron chi connectivity index (χ2n) is 4.65. The average Bonchev–Trinajstić information content (AvgIpc) is 2.35. The van der Waals surface area contributed by atoms with E-state index in [1.165, 1.54) is 16.6 Å². The van der Waals surface area contributed by atoms with E-state index in [1.807, 2.05) is 4.90 Å². The summed E-state index contributed by atoms with van der Waals surface area (Å²) in [6.07, 6.45) is 1.18. The fourth-order valence-corrected chi connectivity index (χ4v) is 2.96. The van der Waals surface area contributed by atoms with Gasteiger partial charge < -0.3 is 0 Å². The number of hydrogen-bond acceptors (Lipinski definition) is 3. The van der Waals surface area contributed by atoms with Gasteiger partial charge >= 0.3 is 0 Å². The summed E-state index contributed by atoms with van der Waals surface area (Å²) in [6, 6.07) is 4.10. The normalized spacial score (nSPS) is 18.7. The lowest BCUT2D eigenvalue weighted by Gasteiger charge is -2.33. The van der Waals surface area contributed by atoms with Gasteiger partial charge in [0.05, 0.1) is 6.26 Å². The maximum absolute atomic E-state index is 13.5. The van der Waals surface area contributed by atoms with E-state index in [9.17, 15) is 17.2 Å². The van der Waals surface area contributed by atoms with E-state index in [-0.39, 0.29) is 0 Å². The molecule has 0 saturated carbocycles. The molecule has 0 amide bonds. The zero-order valence-electron chi connectivity index (χ0n) is 10.6. The molecule has 1 saturated heterocycles. The summed E-state index contributed by atoms with van der Waals surface area (Å²) in [6.45, 7) is 2.10. The van der Waals surface area contributed by atoms with Gasteiger partial charge in [-0.1, -0.05) is 12.1 Å². The zero-order chi connectivity index (χ0) is 14.0. The second kappa shape index (κ2) is 5.52. The molecule has 2 rings (SSSR count). The number of nitrogens with zero attached hydrogens (tertiary/aromatic N) is 2. The summed E-state index contributed by atoms with van der Waals surface area (Å²) < 4.78 is 50.7. The molecule has 19 heavy (non-hydrogen) atoms. The maximum atomic E-state index is 13.5. The summed E-state index contributed by atoms with van der Waals surface area (Å²) in [7, 11) is -3.16. The molecule has 7 heteroatoms. The summed E-state index contributed by atoms with van der Waals surface area (Å²) in [5.41, 5.74) is 0.299. The number of piperazine rings is 1. The summed E-state index contributed by atoms with van der Waals surface area (Å²) in [4.78, 5) is 1.92. The van der Waals surface area contributed by atoms with E-state index in [4.69, 9.17) is 0 Å². The van der Waals surface area contributed by atoms with Gasteiger partial charge in [0.25, 0.3) is 0 Å². The Labute approximate surface area is 111 Å². The zero-order valence-corrected chi connectivity index (χ0v) is 11.5. The van der Waals surface area contributed by atoms with Crippen molar-refractivity contribution in [2.24, 2.45) is 0 Å². The van der Waals surface area contributed by atoms with Crippen LogP contribution < -0.4 is 0 Å². The quantitative estimate of drug-likeness (QED) is 0.835. The van der Waals surface area contributed by atoms with Crippen molar-refractivity contribution in [3.05, 3.63) is 35.4 Å². The van der Waals surface area contributed by atoms with Crippen molar-refractivity contribution in [1.29, 1.82) is 0 Å². The molecule has 0 spiro atoms. The number of benzene rings is 1. The van der Waals surface area contributed by atoms with Crippen LogP contribution in [0.4, 0.5) is 8.78 Å². The maximum Gasteiger partial charge on any atom is 0.211 e. The van der Waals surface area contributed by atoms with E-state index in [0.717, 1.165) is 6.07 Å². The topological polar surface area (TPSA) is 40.6 Å². The molecule has 0 bridgehead atoms. The van der Waals surface area contributed by atoms with Gasteiger partial charge in [-0.3, -0.25) is 4.90 Å². The Morgan fingerprint density at radius 1 is 1.16 bits per heavy atom. The fourth-order valence-electron chi connectivity index (χ4n) is 2.13.